The summed E-state index contributed by atoms with van der Waals surface area (Å²) in [5, 5.41) is 7.77. The largest absolute Gasteiger partial charge is 0.468 e. The third-order valence-electron chi connectivity index (χ3n) is 1.89. The quantitative estimate of drug-likeness (QED) is 0.655. The van der Waals surface area contributed by atoms with E-state index in [4.69, 9.17) is 0 Å². The van der Waals surface area contributed by atoms with Crippen molar-refractivity contribution in [1.82, 2.24) is 15.0 Å². The molecule has 1 heterocycles. The van der Waals surface area contributed by atoms with E-state index < -0.39 is 0 Å². The third kappa shape index (κ3) is 3.16. The van der Waals surface area contributed by atoms with Crippen LogP contribution in [0.2, 0.25) is 0 Å². The maximum absolute atomic E-state index is 10.9. The molecule has 0 saturated carbocycles. The van der Waals surface area contributed by atoms with Crippen LogP contribution in [0.1, 0.15) is 25.5 Å². The summed E-state index contributed by atoms with van der Waals surface area (Å²) >= 11 is 0. The molecule has 0 radical (unpaired) electrons. The molecule has 1 rings (SSSR count). The van der Waals surface area contributed by atoms with Gasteiger partial charge < -0.3 is 4.74 Å². The maximum atomic E-state index is 10.9. The van der Waals surface area contributed by atoms with Crippen molar-refractivity contribution in [1.29, 1.82) is 0 Å². The van der Waals surface area contributed by atoms with Crippen molar-refractivity contribution in [3.8, 4) is 0 Å². The van der Waals surface area contributed by atoms with E-state index in [1.54, 1.807) is 6.20 Å². The average molecular weight is 197 g/mol. The van der Waals surface area contributed by atoms with Gasteiger partial charge >= 0.3 is 5.97 Å². The van der Waals surface area contributed by atoms with Crippen LogP contribution in [0.4, 0.5) is 0 Å². The Morgan fingerprint density at radius 3 is 3.07 bits per heavy atom. The molecule has 0 amide bonds. The lowest BCUT2D eigenvalue weighted by molar-refractivity contribution is -0.141. The number of unbranched alkanes of at least 4 members (excludes halogenated alkanes) is 1. The second-order valence-corrected chi connectivity index (χ2v) is 3.09. The summed E-state index contributed by atoms with van der Waals surface area (Å²) in [6.07, 6.45) is 4.92. The van der Waals surface area contributed by atoms with E-state index in [1.165, 1.54) is 11.8 Å². The van der Waals surface area contributed by atoms with E-state index in [0.29, 0.717) is 0 Å². The van der Waals surface area contributed by atoms with E-state index >= 15 is 0 Å². The Balaban J connectivity index is 2.46. The number of rotatable bonds is 5. The number of esters is 1. The Kier molecular flexibility index (Phi) is 4.10. The lowest BCUT2D eigenvalue weighted by Crippen LogP contribution is -2.11. The number of carbonyl (C=O) groups is 1. The fourth-order valence-electron chi connectivity index (χ4n) is 1.09. The van der Waals surface area contributed by atoms with Crippen LogP contribution in [0.3, 0.4) is 0 Å². The van der Waals surface area contributed by atoms with Crippen molar-refractivity contribution in [2.75, 3.05) is 7.11 Å². The van der Waals surface area contributed by atoms with Crippen molar-refractivity contribution in [2.45, 2.75) is 32.7 Å². The number of ether oxygens (including phenoxy) is 1. The summed E-state index contributed by atoms with van der Waals surface area (Å²) in [6, 6.07) is 0. The van der Waals surface area contributed by atoms with Gasteiger partial charge in [-0.15, -0.1) is 5.10 Å². The molecule has 5 nitrogen and oxygen atoms in total. The van der Waals surface area contributed by atoms with Crippen molar-refractivity contribution >= 4 is 5.97 Å². The van der Waals surface area contributed by atoms with Gasteiger partial charge in [-0.05, 0) is 12.8 Å². The minimum atomic E-state index is -0.308. The van der Waals surface area contributed by atoms with Crippen LogP contribution in [0.5, 0.6) is 0 Å². The van der Waals surface area contributed by atoms with Crippen molar-refractivity contribution in [3.05, 3.63) is 11.9 Å². The predicted octanol–water partition coefficient (Wildman–Crippen LogP) is 0.794. The number of methoxy groups -OCH3 is 1. The zero-order chi connectivity index (χ0) is 10.4. The molecule has 14 heavy (non-hydrogen) atoms. The summed E-state index contributed by atoms with van der Waals surface area (Å²) in [7, 11) is 1.36. The number of hydrogen-bond acceptors (Lipinski definition) is 4. The molecule has 78 valence electrons. The lowest BCUT2D eigenvalue weighted by atomic mass is 10.2. The van der Waals surface area contributed by atoms with Gasteiger partial charge in [-0.2, -0.15) is 0 Å². The molecular formula is C9H15N3O2. The summed E-state index contributed by atoms with van der Waals surface area (Å²) in [5.41, 5.74) is 0.927. The van der Waals surface area contributed by atoms with Gasteiger partial charge in [0, 0.05) is 6.20 Å². The van der Waals surface area contributed by atoms with Crippen LogP contribution in [0, 0.1) is 0 Å². The number of carbonyl (C=O) groups excluding carboxylic acids is 1. The molecule has 0 bridgehead atoms. The minimum Gasteiger partial charge on any atom is -0.468 e. The fourth-order valence-corrected chi connectivity index (χ4v) is 1.09. The Hall–Kier alpha value is -1.39. The van der Waals surface area contributed by atoms with Crippen molar-refractivity contribution in [2.24, 2.45) is 0 Å². The SMILES string of the molecule is CCCCc1cn(CC(=O)OC)nn1. The first kappa shape index (κ1) is 10.7. The van der Waals surface area contributed by atoms with Gasteiger partial charge in [0.1, 0.15) is 6.54 Å². The second-order valence-electron chi connectivity index (χ2n) is 3.09. The van der Waals surface area contributed by atoms with Crippen LogP contribution in [-0.2, 0) is 22.5 Å². The van der Waals surface area contributed by atoms with Crippen LogP contribution in [0.15, 0.2) is 6.20 Å². The summed E-state index contributed by atoms with van der Waals surface area (Å²) in [5.74, 6) is -0.308. The second kappa shape index (κ2) is 5.36. The first-order chi connectivity index (χ1) is 6.76. The Morgan fingerprint density at radius 2 is 2.43 bits per heavy atom. The minimum absolute atomic E-state index is 0.135. The van der Waals surface area contributed by atoms with Gasteiger partial charge in [-0.25, -0.2) is 4.68 Å². The highest BCUT2D eigenvalue weighted by Crippen LogP contribution is 2.00. The van der Waals surface area contributed by atoms with E-state index in [-0.39, 0.29) is 12.5 Å². The van der Waals surface area contributed by atoms with Gasteiger partial charge in [0.05, 0.1) is 12.8 Å². The van der Waals surface area contributed by atoms with Crippen LogP contribution < -0.4 is 0 Å². The normalized spacial score (nSPS) is 10.1. The van der Waals surface area contributed by atoms with Crippen LogP contribution in [0.25, 0.3) is 0 Å². The van der Waals surface area contributed by atoms with E-state index in [0.717, 1.165) is 25.0 Å². The Bertz CT molecular complexity index is 296. The number of hydrogen-bond donors (Lipinski definition) is 0. The molecule has 1 aromatic heterocycles. The van der Waals surface area contributed by atoms with Gasteiger partial charge in [0.25, 0.3) is 0 Å². The molecule has 0 N–H and O–H groups in total. The van der Waals surface area contributed by atoms with Crippen LogP contribution >= 0.6 is 0 Å². The van der Waals surface area contributed by atoms with Crippen molar-refractivity contribution < 1.29 is 9.53 Å². The molecule has 0 fully saturated rings. The number of nitrogens with zero attached hydrogens (tertiary/aromatic N) is 3. The molecule has 0 spiro atoms. The summed E-state index contributed by atoms with van der Waals surface area (Å²) < 4.78 is 6.01. The van der Waals surface area contributed by atoms with E-state index in [2.05, 4.69) is 22.0 Å². The number of aromatic nitrogens is 3. The zero-order valence-electron chi connectivity index (χ0n) is 8.56. The Morgan fingerprint density at radius 1 is 1.64 bits per heavy atom. The highest BCUT2D eigenvalue weighted by molar-refractivity contribution is 5.68. The molecule has 5 heteroatoms. The van der Waals surface area contributed by atoms with Gasteiger partial charge in [0.2, 0.25) is 0 Å². The molecular weight excluding hydrogens is 182 g/mol. The van der Waals surface area contributed by atoms with Gasteiger partial charge in [-0.3, -0.25) is 4.79 Å². The monoisotopic (exact) mass is 197 g/mol. The Labute approximate surface area is 83.1 Å². The lowest BCUT2D eigenvalue weighted by Gasteiger charge is -1.96. The van der Waals surface area contributed by atoms with Crippen molar-refractivity contribution in [3.63, 3.8) is 0 Å². The molecule has 0 aliphatic heterocycles. The first-order valence-electron chi connectivity index (χ1n) is 4.72. The summed E-state index contributed by atoms with van der Waals surface area (Å²) in [6.45, 7) is 2.26. The van der Waals surface area contributed by atoms with Gasteiger partial charge in [-0.1, -0.05) is 18.6 Å². The highest BCUT2D eigenvalue weighted by atomic mass is 16.5. The first-order valence-corrected chi connectivity index (χ1v) is 4.72. The zero-order valence-corrected chi connectivity index (χ0v) is 8.56. The van der Waals surface area contributed by atoms with E-state index in [9.17, 15) is 4.79 Å². The smallest absolute Gasteiger partial charge is 0.327 e. The number of aryl methyl sites for hydroxylation is 1. The molecule has 1 aromatic rings. The molecule has 0 aliphatic carbocycles. The average Bonchev–Trinajstić information content (AvgIpc) is 2.62. The van der Waals surface area contributed by atoms with E-state index in [1.807, 2.05) is 0 Å². The summed E-state index contributed by atoms with van der Waals surface area (Å²) in [4.78, 5) is 10.9. The predicted molar refractivity (Wildman–Crippen MR) is 50.7 cm³/mol. The van der Waals surface area contributed by atoms with Gasteiger partial charge in [0.15, 0.2) is 0 Å². The molecule has 0 aromatic carbocycles. The highest BCUT2D eigenvalue weighted by Gasteiger charge is 2.04. The topological polar surface area (TPSA) is 57.0 Å². The molecule has 0 saturated heterocycles. The maximum Gasteiger partial charge on any atom is 0.327 e. The van der Waals surface area contributed by atoms with Crippen LogP contribution in [-0.4, -0.2) is 28.1 Å². The molecule has 0 aliphatic rings. The molecule has 0 atom stereocenters. The standard InChI is InChI=1S/C9H15N3O2/c1-3-4-5-8-6-12(11-10-8)7-9(13)14-2/h6H,3-5,7H2,1-2H3. The fraction of sp³-hybridized carbons (Fsp3) is 0.667. The third-order valence-corrected chi connectivity index (χ3v) is 1.89. The molecule has 0 unspecified atom stereocenters.